The van der Waals surface area contributed by atoms with Crippen LogP contribution in [0.2, 0.25) is 0 Å². The lowest BCUT2D eigenvalue weighted by Gasteiger charge is -2.06. The van der Waals surface area contributed by atoms with Gasteiger partial charge >= 0.3 is 0 Å². The largest absolute Gasteiger partial charge is 0.396 e. The molecule has 0 aromatic carbocycles. The van der Waals surface area contributed by atoms with Crippen LogP contribution in [0.25, 0.3) is 0 Å². The Labute approximate surface area is 103 Å². The van der Waals surface area contributed by atoms with E-state index in [1.54, 1.807) is 11.3 Å². The third-order valence-corrected chi connectivity index (χ3v) is 4.18. The summed E-state index contributed by atoms with van der Waals surface area (Å²) in [7, 11) is 0. The van der Waals surface area contributed by atoms with Crippen molar-refractivity contribution in [3.05, 3.63) is 20.3 Å². The summed E-state index contributed by atoms with van der Waals surface area (Å²) in [5.41, 5.74) is 7.18. The fourth-order valence-corrected chi connectivity index (χ4v) is 2.73. The van der Waals surface area contributed by atoms with Crippen LogP contribution in [0, 0.1) is 6.92 Å². The van der Waals surface area contributed by atoms with Crippen LogP contribution in [0.1, 0.15) is 29.3 Å². The van der Waals surface area contributed by atoms with Crippen LogP contribution in [0.5, 0.6) is 0 Å². The van der Waals surface area contributed by atoms with Crippen molar-refractivity contribution in [2.45, 2.75) is 25.8 Å². The molecule has 0 aliphatic carbocycles. The maximum atomic E-state index is 8.66. The molecule has 0 amide bonds. The summed E-state index contributed by atoms with van der Waals surface area (Å²) < 4.78 is 1.15. The van der Waals surface area contributed by atoms with Gasteiger partial charge in [0, 0.05) is 17.5 Å². The lowest BCUT2D eigenvalue weighted by atomic mass is 10.1. The molecule has 0 fully saturated rings. The Balaban J connectivity index is 0.00000169. The third kappa shape index (κ3) is 3.87. The first-order valence-electron chi connectivity index (χ1n) is 4.27. The highest BCUT2D eigenvalue weighted by molar-refractivity contribution is 9.11. The number of aliphatic hydroxyl groups excluding tert-OH is 1. The molecule has 1 aromatic heterocycles. The van der Waals surface area contributed by atoms with Gasteiger partial charge in [0.2, 0.25) is 0 Å². The van der Waals surface area contributed by atoms with E-state index in [1.165, 1.54) is 10.4 Å². The average molecular weight is 301 g/mol. The fraction of sp³-hybridized carbons (Fsp3) is 0.556. The van der Waals surface area contributed by atoms with Gasteiger partial charge in [0.1, 0.15) is 0 Å². The Morgan fingerprint density at radius 2 is 2.29 bits per heavy atom. The van der Waals surface area contributed by atoms with Gasteiger partial charge in [-0.15, -0.1) is 23.7 Å². The van der Waals surface area contributed by atoms with Crippen molar-refractivity contribution in [1.29, 1.82) is 0 Å². The standard InChI is InChI=1S/C9H14BrNOS.ClH/c1-6-5-8(13-9(6)10)7(11)3-2-4-12;/h5,7,12H,2-4,11H2,1H3;1H/t7-;/m1./s1. The molecule has 1 atom stereocenters. The Bertz CT molecular complexity index is 260. The molecule has 1 rings (SSSR count). The van der Waals surface area contributed by atoms with E-state index in [2.05, 4.69) is 28.9 Å². The van der Waals surface area contributed by atoms with Crippen molar-refractivity contribution >= 4 is 39.7 Å². The normalized spacial score (nSPS) is 12.3. The second kappa shape index (κ2) is 6.80. The maximum Gasteiger partial charge on any atom is 0.0731 e. The number of halogens is 2. The van der Waals surface area contributed by atoms with Gasteiger partial charge in [-0.3, -0.25) is 0 Å². The van der Waals surface area contributed by atoms with Crippen molar-refractivity contribution in [3.63, 3.8) is 0 Å². The zero-order chi connectivity index (χ0) is 9.84. The van der Waals surface area contributed by atoms with Gasteiger partial charge < -0.3 is 10.8 Å². The van der Waals surface area contributed by atoms with Gasteiger partial charge in [0.15, 0.2) is 0 Å². The van der Waals surface area contributed by atoms with Crippen molar-refractivity contribution in [2.24, 2.45) is 5.73 Å². The van der Waals surface area contributed by atoms with Gasteiger partial charge in [0.05, 0.1) is 3.79 Å². The van der Waals surface area contributed by atoms with E-state index in [-0.39, 0.29) is 25.1 Å². The van der Waals surface area contributed by atoms with E-state index in [4.69, 9.17) is 10.8 Å². The number of thiophene rings is 1. The number of rotatable bonds is 4. The van der Waals surface area contributed by atoms with Crippen molar-refractivity contribution in [2.75, 3.05) is 6.61 Å². The SMILES string of the molecule is Cc1cc([C@H](N)CCCO)sc1Br.Cl. The molecule has 1 heterocycles. The monoisotopic (exact) mass is 299 g/mol. The summed E-state index contributed by atoms with van der Waals surface area (Å²) in [6.07, 6.45) is 1.62. The molecule has 82 valence electrons. The van der Waals surface area contributed by atoms with E-state index in [1.807, 2.05) is 0 Å². The molecule has 1 aromatic rings. The van der Waals surface area contributed by atoms with Crippen LogP contribution in [0.3, 0.4) is 0 Å². The molecule has 0 saturated carbocycles. The lowest BCUT2D eigenvalue weighted by molar-refractivity contribution is 0.280. The number of aryl methyl sites for hydroxylation is 1. The number of hydrogen-bond acceptors (Lipinski definition) is 3. The molecule has 0 aliphatic rings. The molecule has 0 aliphatic heterocycles. The molecular formula is C9H15BrClNOS. The molecule has 0 bridgehead atoms. The Hall–Kier alpha value is 0.390. The zero-order valence-electron chi connectivity index (χ0n) is 8.00. The molecule has 0 saturated heterocycles. The van der Waals surface area contributed by atoms with Crippen molar-refractivity contribution < 1.29 is 5.11 Å². The zero-order valence-corrected chi connectivity index (χ0v) is 11.2. The quantitative estimate of drug-likeness (QED) is 0.898. The van der Waals surface area contributed by atoms with E-state index >= 15 is 0 Å². The van der Waals surface area contributed by atoms with Crippen LogP contribution in [-0.4, -0.2) is 11.7 Å². The molecule has 5 heteroatoms. The molecule has 3 N–H and O–H groups in total. The van der Waals surface area contributed by atoms with Crippen molar-refractivity contribution in [3.8, 4) is 0 Å². The van der Waals surface area contributed by atoms with E-state index < -0.39 is 0 Å². The highest BCUT2D eigenvalue weighted by atomic mass is 79.9. The second-order valence-electron chi connectivity index (χ2n) is 3.08. The first kappa shape index (κ1) is 14.4. The van der Waals surface area contributed by atoms with Gasteiger partial charge in [-0.05, 0) is 47.3 Å². The van der Waals surface area contributed by atoms with Crippen LogP contribution in [0.15, 0.2) is 9.85 Å². The minimum Gasteiger partial charge on any atom is -0.396 e. The summed E-state index contributed by atoms with van der Waals surface area (Å²) >= 11 is 5.15. The van der Waals surface area contributed by atoms with Crippen LogP contribution >= 0.6 is 39.7 Å². The molecule has 14 heavy (non-hydrogen) atoms. The summed E-state index contributed by atoms with van der Waals surface area (Å²) in [6, 6.07) is 2.18. The first-order chi connectivity index (χ1) is 6.15. The van der Waals surface area contributed by atoms with Crippen LogP contribution in [0.4, 0.5) is 0 Å². The van der Waals surface area contributed by atoms with Crippen LogP contribution < -0.4 is 5.73 Å². The predicted octanol–water partition coefficient (Wildman–Crippen LogP) is 3.01. The number of aliphatic hydroxyl groups is 1. The summed E-state index contributed by atoms with van der Waals surface area (Å²) in [5, 5.41) is 8.66. The Kier molecular flexibility index (Phi) is 6.99. The average Bonchev–Trinajstić information content (AvgIpc) is 2.43. The second-order valence-corrected chi connectivity index (χ2v) is 5.48. The minimum absolute atomic E-state index is 0. The van der Waals surface area contributed by atoms with E-state index in [9.17, 15) is 0 Å². The molecule has 0 unspecified atom stereocenters. The van der Waals surface area contributed by atoms with Gasteiger partial charge in [-0.1, -0.05) is 0 Å². The number of nitrogens with two attached hydrogens (primary N) is 1. The molecule has 0 radical (unpaired) electrons. The van der Waals surface area contributed by atoms with Gasteiger partial charge in [-0.2, -0.15) is 0 Å². The predicted molar refractivity (Wildman–Crippen MR) is 67.3 cm³/mol. The fourth-order valence-electron chi connectivity index (χ4n) is 1.12. The summed E-state index contributed by atoms with van der Waals surface area (Å²) in [4.78, 5) is 1.19. The Morgan fingerprint density at radius 3 is 2.71 bits per heavy atom. The highest BCUT2D eigenvalue weighted by Crippen LogP contribution is 2.31. The first-order valence-corrected chi connectivity index (χ1v) is 5.88. The molecule has 0 spiro atoms. The van der Waals surface area contributed by atoms with Gasteiger partial charge in [-0.25, -0.2) is 0 Å². The Morgan fingerprint density at radius 1 is 1.64 bits per heavy atom. The summed E-state index contributed by atoms with van der Waals surface area (Å²) in [6.45, 7) is 2.28. The number of hydrogen-bond donors (Lipinski definition) is 2. The van der Waals surface area contributed by atoms with Crippen molar-refractivity contribution in [1.82, 2.24) is 0 Å². The summed E-state index contributed by atoms with van der Waals surface area (Å²) in [5.74, 6) is 0. The smallest absolute Gasteiger partial charge is 0.0731 e. The topological polar surface area (TPSA) is 46.2 Å². The van der Waals surface area contributed by atoms with E-state index in [0.717, 1.165) is 16.6 Å². The molecule has 2 nitrogen and oxygen atoms in total. The van der Waals surface area contributed by atoms with E-state index in [0.29, 0.717) is 0 Å². The highest BCUT2D eigenvalue weighted by Gasteiger charge is 2.10. The minimum atomic E-state index is 0. The lowest BCUT2D eigenvalue weighted by Crippen LogP contribution is -2.08. The molecular weight excluding hydrogens is 286 g/mol. The van der Waals surface area contributed by atoms with Gasteiger partial charge in [0.25, 0.3) is 0 Å². The maximum absolute atomic E-state index is 8.66. The van der Waals surface area contributed by atoms with Crippen LogP contribution in [-0.2, 0) is 0 Å². The third-order valence-electron chi connectivity index (χ3n) is 1.91.